The predicted molar refractivity (Wildman–Crippen MR) is 118 cm³/mol. The van der Waals surface area contributed by atoms with E-state index in [2.05, 4.69) is 43.9 Å². The number of nitro groups is 1. The highest BCUT2D eigenvalue weighted by Crippen LogP contribution is 2.54. The van der Waals surface area contributed by atoms with Crippen molar-refractivity contribution in [2.45, 2.75) is 68.8 Å². The Bertz CT molecular complexity index is 958. The first-order valence-corrected chi connectivity index (χ1v) is 14.8. The minimum atomic E-state index is -3.95. The van der Waals surface area contributed by atoms with Crippen LogP contribution in [0, 0.1) is 22.0 Å². The van der Waals surface area contributed by atoms with E-state index in [9.17, 15) is 23.3 Å². The van der Waals surface area contributed by atoms with E-state index in [0.29, 0.717) is 11.8 Å². The van der Waals surface area contributed by atoms with E-state index in [1.807, 2.05) is 0 Å². The van der Waals surface area contributed by atoms with Crippen molar-refractivity contribution in [2.24, 2.45) is 11.8 Å². The maximum Gasteiger partial charge on any atom is 0.269 e. The first-order chi connectivity index (χ1) is 14.2. The maximum absolute atomic E-state index is 12.5. The molecule has 11 heteroatoms. The highest BCUT2D eigenvalue weighted by atomic mass is 32.2. The van der Waals surface area contributed by atoms with Crippen LogP contribution in [0.15, 0.2) is 29.2 Å². The summed E-state index contributed by atoms with van der Waals surface area (Å²) in [5, 5.41) is 13.7. The molecule has 3 rings (SSSR count). The van der Waals surface area contributed by atoms with Gasteiger partial charge in [0.25, 0.3) is 5.69 Å². The van der Waals surface area contributed by atoms with Crippen LogP contribution in [0.3, 0.4) is 0 Å². The standard InChI is InChI=1S/C20H31N3O6SSi/c1-20(2,3)31(4,5)29-19-16-10-13(16)11-17(19)22-18(24)12-21-30(27,28)15-8-6-14(7-9-15)23(25)26/h6-9,13,16-17,19,21H,10-12H2,1-5H3,(H,22,24)/t13-,16-,17-,19-/m0/s1. The van der Waals surface area contributed by atoms with Crippen LogP contribution in [-0.2, 0) is 19.2 Å². The lowest BCUT2D eigenvalue weighted by Gasteiger charge is -2.40. The SMILES string of the molecule is CC(C)(C)[Si](C)(C)O[C@H]1[C@H]2C[C@H]2C[C@@H]1NC(=O)CNS(=O)(=O)c1ccc([N+](=O)[O-])cc1. The summed E-state index contributed by atoms with van der Waals surface area (Å²) in [5.74, 6) is 0.619. The Morgan fingerprint density at radius 1 is 1.23 bits per heavy atom. The van der Waals surface area contributed by atoms with Gasteiger partial charge in [0.1, 0.15) is 0 Å². The van der Waals surface area contributed by atoms with Crippen LogP contribution in [0.2, 0.25) is 18.1 Å². The van der Waals surface area contributed by atoms with Gasteiger partial charge in [-0.3, -0.25) is 14.9 Å². The second-order valence-electron chi connectivity index (χ2n) is 9.99. The zero-order chi connectivity index (χ0) is 23.2. The minimum Gasteiger partial charge on any atom is -0.412 e. The zero-order valence-corrected chi connectivity index (χ0v) is 20.4. The maximum atomic E-state index is 12.5. The fraction of sp³-hybridized carbons (Fsp3) is 0.650. The average molecular weight is 470 g/mol. The molecule has 1 aromatic carbocycles. The Morgan fingerprint density at radius 3 is 2.39 bits per heavy atom. The second kappa shape index (κ2) is 8.27. The summed E-state index contributed by atoms with van der Waals surface area (Å²) in [6.45, 7) is 10.5. The average Bonchev–Trinajstić information content (AvgIpc) is 3.35. The molecule has 0 saturated heterocycles. The first kappa shape index (κ1) is 23.8. The van der Waals surface area contributed by atoms with Gasteiger partial charge in [-0.05, 0) is 54.9 Å². The predicted octanol–water partition coefficient (Wildman–Crippen LogP) is 2.79. The highest BCUT2D eigenvalue weighted by Gasteiger charge is 2.56. The lowest BCUT2D eigenvalue weighted by Crippen LogP contribution is -2.52. The zero-order valence-electron chi connectivity index (χ0n) is 18.5. The van der Waals surface area contributed by atoms with Gasteiger partial charge in [-0.15, -0.1) is 0 Å². The quantitative estimate of drug-likeness (QED) is 0.342. The third-order valence-corrected chi connectivity index (χ3v) is 12.6. The molecule has 2 aliphatic rings. The van der Waals surface area contributed by atoms with Crippen molar-refractivity contribution in [3.8, 4) is 0 Å². The fourth-order valence-electron chi connectivity index (χ4n) is 3.78. The Balaban J connectivity index is 1.58. The Kier molecular flexibility index (Phi) is 6.35. The molecule has 0 aromatic heterocycles. The van der Waals surface area contributed by atoms with Crippen molar-refractivity contribution in [1.29, 1.82) is 0 Å². The molecule has 2 fully saturated rings. The number of nitrogens with zero attached hydrogens (tertiary/aromatic N) is 1. The van der Waals surface area contributed by atoms with Gasteiger partial charge in [0, 0.05) is 12.1 Å². The molecule has 9 nitrogen and oxygen atoms in total. The van der Waals surface area contributed by atoms with Crippen molar-refractivity contribution in [1.82, 2.24) is 10.0 Å². The molecule has 0 heterocycles. The van der Waals surface area contributed by atoms with Crippen LogP contribution < -0.4 is 10.0 Å². The Morgan fingerprint density at radius 2 is 1.84 bits per heavy atom. The van der Waals surface area contributed by atoms with E-state index < -0.39 is 35.7 Å². The van der Waals surface area contributed by atoms with Crippen molar-refractivity contribution in [2.75, 3.05) is 6.54 Å². The summed E-state index contributed by atoms with van der Waals surface area (Å²) < 4.78 is 33.7. The smallest absolute Gasteiger partial charge is 0.269 e. The van der Waals surface area contributed by atoms with Crippen molar-refractivity contribution >= 4 is 29.9 Å². The monoisotopic (exact) mass is 469 g/mol. The summed E-state index contributed by atoms with van der Waals surface area (Å²) in [6, 6.07) is 4.40. The van der Waals surface area contributed by atoms with E-state index in [-0.39, 0.29) is 27.8 Å². The van der Waals surface area contributed by atoms with E-state index in [1.165, 1.54) is 0 Å². The number of carbonyl (C=O) groups excluding carboxylic acids is 1. The van der Waals surface area contributed by atoms with Gasteiger partial charge in [-0.25, -0.2) is 13.1 Å². The number of nitrogens with one attached hydrogen (secondary N) is 2. The molecule has 0 unspecified atom stereocenters. The summed E-state index contributed by atoms with van der Waals surface area (Å²) in [5.41, 5.74) is -0.204. The fourth-order valence-corrected chi connectivity index (χ4v) is 6.13. The number of amides is 1. The third kappa shape index (κ3) is 5.33. The van der Waals surface area contributed by atoms with Crippen molar-refractivity contribution < 1.29 is 22.6 Å². The number of non-ortho nitro benzene ring substituents is 1. The number of hydrogen-bond donors (Lipinski definition) is 2. The van der Waals surface area contributed by atoms with Crippen LogP contribution in [-0.4, -0.2) is 46.3 Å². The first-order valence-electron chi connectivity index (χ1n) is 10.4. The molecule has 1 aromatic rings. The van der Waals surface area contributed by atoms with Crippen LogP contribution in [0.4, 0.5) is 5.69 Å². The molecule has 2 N–H and O–H groups in total. The molecule has 0 bridgehead atoms. The molecule has 0 radical (unpaired) electrons. The molecule has 4 atom stereocenters. The summed E-state index contributed by atoms with van der Waals surface area (Å²) in [7, 11) is -5.95. The van der Waals surface area contributed by atoms with Crippen LogP contribution >= 0.6 is 0 Å². The van der Waals surface area contributed by atoms with Crippen molar-refractivity contribution in [3.63, 3.8) is 0 Å². The topological polar surface area (TPSA) is 128 Å². The third-order valence-electron chi connectivity index (χ3n) is 6.72. The van der Waals surface area contributed by atoms with E-state index in [4.69, 9.17) is 4.43 Å². The number of nitro benzene ring substituents is 1. The Labute approximate surface area is 184 Å². The largest absolute Gasteiger partial charge is 0.412 e. The van der Waals surface area contributed by atoms with Gasteiger partial charge in [0.05, 0.1) is 28.5 Å². The summed E-state index contributed by atoms with van der Waals surface area (Å²) >= 11 is 0. The molecule has 1 amide bonds. The number of sulfonamides is 1. The lowest BCUT2D eigenvalue weighted by atomic mass is 10.1. The molecule has 172 valence electrons. The molecular weight excluding hydrogens is 438 g/mol. The highest BCUT2D eigenvalue weighted by molar-refractivity contribution is 7.89. The van der Waals surface area contributed by atoms with Gasteiger partial charge >= 0.3 is 0 Å². The minimum absolute atomic E-state index is 0.0267. The van der Waals surface area contributed by atoms with Gasteiger partial charge in [-0.1, -0.05) is 20.8 Å². The molecular formula is C20H31N3O6SSi. The van der Waals surface area contributed by atoms with Gasteiger partial charge in [-0.2, -0.15) is 0 Å². The molecule has 2 aliphatic carbocycles. The molecule has 31 heavy (non-hydrogen) atoms. The number of benzene rings is 1. The van der Waals surface area contributed by atoms with Gasteiger partial charge in [0.2, 0.25) is 15.9 Å². The van der Waals surface area contributed by atoms with E-state index in [1.54, 1.807) is 0 Å². The van der Waals surface area contributed by atoms with E-state index >= 15 is 0 Å². The number of carbonyl (C=O) groups is 1. The van der Waals surface area contributed by atoms with Crippen molar-refractivity contribution in [3.05, 3.63) is 34.4 Å². The van der Waals surface area contributed by atoms with Crippen LogP contribution in [0.25, 0.3) is 0 Å². The number of hydrogen-bond acceptors (Lipinski definition) is 6. The van der Waals surface area contributed by atoms with Crippen LogP contribution in [0.5, 0.6) is 0 Å². The van der Waals surface area contributed by atoms with E-state index in [0.717, 1.165) is 37.1 Å². The molecule has 0 aliphatic heterocycles. The molecule has 2 saturated carbocycles. The number of fused-ring (bicyclic) bond motifs is 1. The summed E-state index contributed by atoms with van der Waals surface area (Å²) in [6.07, 6.45) is 1.95. The molecule has 0 spiro atoms. The summed E-state index contributed by atoms with van der Waals surface area (Å²) in [4.78, 5) is 22.5. The van der Waals surface area contributed by atoms with Gasteiger partial charge < -0.3 is 9.74 Å². The normalized spacial score (nSPS) is 25.7. The van der Waals surface area contributed by atoms with Crippen LogP contribution in [0.1, 0.15) is 33.6 Å². The number of rotatable bonds is 8. The second-order valence-corrected chi connectivity index (χ2v) is 16.5. The Hall–Kier alpha value is -1.82. The van der Waals surface area contributed by atoms with Gasteiger partial charge in [0.15, 0.2) is 8.32 Å². The lowest BCUT2D eigenvalue weighted by molar-refractivity contribution is -0.384.